The van der Waals surface area contributed by atoms with E-state index in [-0.39, 0.29) is 17.0 Å². The molecule has 0 aliphatic heterocycles. The molecule has 1 aromatic carbocycles. The lowest BCUT2D eigenvalue weighted by atomic mass is 10.1. The molecule has 3 aromatic rings. The summed E-state index contributed by atoms with van der Waals surface area (Å²) in [5.74, 6) is -4.37. The molecule has 0 aliphatic carbocycles. The van der Waals surface area contributed by atoms with Crippen LogP contribution in [0.2, 0.25) is 0 Å². The maximum atomic E-state index is 13.9. The Kier molecular flexibility index (Phi) is 3.26. The smallest absolute Gasteiger partial charge is 0.212 e. The number of hydrogen-bond acceptors (Lipinski definition) is 5. The minimum absolute atomic E-state index is 0.0867. The van der Waals surface area contributed by atoms with E-state index in [2.05, 4.69) is 15.3 Å². The summed E-state index contributed by atoms with van der Waals surface area (Å²) in [6.07, 6.45) is 1.83. The van der Waals surface area contributed by atoms with E-state index in [0.29, 0.717) is 11.4 Å². The molecule has 2 aromatic heterocycles. The second-order valence-electron chi connectivity index (χ2n) is 3.89. The van der Waals surface area contributed by atoms with E-state index in [9.17, 15) is 18.0 Å². The number of aromatic nitrogens is 4. The summed E-state index contributed by atoms with van der Waals surface area (Å²) in [4.78, 5) is 15.0. The van der Waals surface area contributed by atoms with E-state index in [1.807, 2.05) is 0 Å². The van der Waals surface area contributed by atoms with Crippen LogP contribution in [-0.4, -0.2) is 26.3 Å². The van der Waals surface area contributed by atoms with Crippen molar-refractivity contribution in [2.75, 3.05) is 0 Å². The highest BCUT2D eigenvalue weighted by Crippen LogP contribution is 2.29. The van der Waals surface area contributed by atoms with Crippen molar-refractivity contribution in [3.05, 3.63) is 46.9 Å². The molecule has 2 heterocycles. The minimum Gasteiger partial charge on any atom is -0.296 e. The lowest BCUT2D eigenvalue weighted by Gasteiger charge is -2.06. The average molecular weight is 310 g/mol. The third-order valence-corrected chi connectivity index (χ3v) is 3.45. The lowest BCUT2D eigenvalue weighted by molar-refractivity contribution is 0.111. The van der Waals surface area contributed by atoms with E-state index >= 15 is 0 Å². The number of nitrogens with zero attached hydrogens (tertiary/aromatic N) is 4. The van der Waals surface area contributed by atoms with Gasteiger partial charge in [0.25, 0.3) is 0 Å². The Morgan fingerprint density at radius 1 is 1.19 bits per heavy atom. The van der Waals surface area contributed by atoms with Gasteiger partial charge in [0, 0.05) is 17.1 Å². The van der Waals surface area contributed by atoms with E-state index < -0.39 is 17.5 Å². The van der Waals surface area contributed by atoms with Crippen molar-refractivity contribution in [1.82, 2.24) is 20.0 Å². The summed E-state index contributed by atoms with van der Waals surface area (Å²) >= 11 is 1.17. The molecule has 0 spiro atoms. The van der Waals surface area contributed by atoms with Crippen molar-refractivity contribution in [2.24, 2.45) is 0 Å². The number of carbonyl (C=O) groups excluding carboxylic acids is 1. The zero-order chi connectivity index (χ0) is 15.0. The van der Waals surface area contributed by atoms with Crippen molar-refractivity contribution in [3.8, 4) is 16.4 Å². The van der Waals surface area contributed by atoms with Crippen molar-refractivity contribution in [2.45, 2.75) is 0 Å². The fourth-order valence-corrected chi connectivity index (χ4v) is 2.38. The predicted octanol–water partition coefficient (Wildman–Crippen LogP) is 2.62. The monoisotopic (exact) mass is 310 g/mol. The summed E-state index contributed by atoms with van der Waals surface area (Å²) in [5, 5.41) is 9.24. The van der Waals surface area contributed by atoms with Gasteiger partial charge in [0.2, 0.25) is 5.13 Å². The molecule has 0 unspecified atom stereocenters. The highest BCUT2D eigenvalue weighted by Gasteiger charge is 2.23. The maximum absolute atomic E-state index is 13.9. The molecule has 9 heteroatoms. The van der Waals surface area contributed by atoms with E-state index in [0.717, 1.165) is 16.8 Å². The third kappa shape index (κ3) is 2.11. The van der Waals surface area contributed by atoms with Crippen LogP contribution in [0.25, 0.3) is 16.4 Å². The first-order chi connectivity index (χ1) is 10.1. The normalized spacial score (nSPS) is 10.8. The van der Waals surface area contributed by atoms with Gasteiger partial charge < -0.3 is 0 Å². The van der Waals surface area contributed by atoms with Crippen molar-refractivity contribution >= 4 is 17.6 Å². The van der Waals surface area contributed by atoms with Crippen LogP contribution in [-0.2, 0) is 0 Å². The summed E-state index contributed by atoms with van der Waals surface area (Å²) in [7, 11) is 0. The highest BCUT2D eigenvalue weighted by molar-refractivity contribution is 7.12. The fourth-order valence-electron chi connectivity index (χ4n) is 1.79. The Morgan fingerprint density at radius 3 is 2.67 bits per heavy atom. The average Bonchev–Trinajstić information content (AvgIpc) is 3.13. The molecule has 0 amide bonds. The Labute approximate surface area is 119 Å². The molecule has 5 nitrogen and oxygen atoms in total. The molecule has 106 valence electrons. The molecular formula is C12H5F3N4OS. The largest absolute Gasteiger partial charge is 0.296 e. The molecule has 0 saturated carbocycles. The second kappa shape index (κ2) is 5.09. The SMILES string of the molecule is O=Cc1nnn(-c2nccs2)c1-c1ccc(F)c(F)c1F. The van der Waals surface area contributed by atoms with Crippen molar-refractivity contribution < 1.29 is 18.0 Å². The second-order valence-corrected chi connectivity index (χ2v) is 4.76. The van der Waals surface area contributed by atoms with Crippen LogP contribution in [0.3, 0.4) is 0 Å². The number of rotatable bonds is 3. The number of aldehydes is 1. The summed E-state index contributed by atoms with van der Waals surface area (Å²) < 4.78 is 41.5. The first-order valence-electron chi connectivity index (χ1n) is 5.58. The van der Waals surface area contributed by atoms with Gasteiger partial charge in [0.15, 0.2) is 29.4 Å². The van der Waals surface area contributed by atoms with Gasteiger partial charge in [-0.1, -0.05) is 5.21 Å². The molecule has 0 N–H and O–H groups in total. The molecular weight excluding hydrogens is 305 g/mol. The van der Waals surface area contributed by atoms with Crippen LogP contribution in [0.15, 0.2) is 23.7 Å². The van der Waals surface area contributed by atoms with Crippen LogP contribution < -0.4 is 0 Å². The van der Waals surface area contributed by atoms with Crippen LogP contribution in [0, 0.1) is 17.5 Å². The van der Waals surface area contributed by atoms with Crippen LogP contribution >= 0.6 is 11.3 Å². The molecule has 0 atom stereocenters. The van der Waals surface area contributed by atoms with Crippen LogP contribution in [0.1, 0.15) is 10.5 Å². The molecule has 0 fully saturated rings. The first kappa shape index (κ1) is 13.4. The van der Waals surface area contributed by atoms with E-state index in [1.54, 1.807) is 5.38 Å². The quantitative estimate of drug-likeness (QED) is 0.551. The Morgan fingerprint density at radius 2 is 2.00 bits per heavy atom. The number of halogens is 3. The van der Waals surface area contributed by atoms with Gasteiger partial charge in [-0.15, -0.1) is 16.4 Å². The Hall–Kier alpha value is -2.55. The Balaban J connectivity index is 2.30. The fraction of sp³-hybridized carbons (Fsp3) is 0. The zero-order valence-electron chi connectivity index (χ0n) is 10.1. The van der Waals surface area contributed by atoms with Gasteiger partial charge in [-0.2, -0.15) is 4.68 Å². The molecule has 3 rings (SSSR count). The number of thiazole rings is 1. The predicted molar refractivity (Wildman–Crippen MR) is 67.7 cm³/mol. The van der Waals surface area contributed by atoms with E-state index in [1.165, 1.54) is 17.5 Å². The molecule has 21 heavy (non-hydrogen) atoms. The number of hydrogen-bond donors (Lipinski definition) is 0. The highest BCUT2D eigenvalue weighted by atomic mass is 32.1. The maximum Gasteiger partial charge on any atom is 0.212 e. The Bertz CT molecular complexity index is 816. The van der Waals surface area contributed by atoms with Gasteiger partial charge in [-0.05, 0) is 12.1 Å². The topological polar surface area (TPSA) is 60.7 Å². The minimum atomic E-state index is -1.63. The van der Waals surface area contributed by atoms with Gasteiger partial charge >= 0.3 is 0 Å². The summed E-state index contributed by atoms with van der Waals surface area (Å²) in [5.41, 5.74) is -0.609. The first-order valence-corrected chi connectivity index (χ1v) is 6.46. The third-order valence-electron chi connectivity index (χ3n) is 2.70. The zero-order valence-corrected chi connectivity index (χ0v) is 10.9. The van der Waals surface area contributed by atoms with Crippen molar-refractivity contribution in [1.29, 1.82) is 0 Å². The van der Waals surface area contributed by atoms with Crippen LogP contribution in [0.4, 0.5) is 13.2 Å². The molecule has 0 radical (unpaired) electrons. The summed E-state index contributed by atoms with van der Waals surface area (Å²) in [6.45, 7) is 0. The number of benzene rings is 1. The standard InChI is InChI=1S/C12H5F3N4OS/c13-7-2-1-6(9(14)10(7)15)11-8(5-20)17-18-19(11)12-16-3-4-21-12/h1-5H. The summed E-state index contributed by atoms with van der Waals surface area (Å²) in [6, 6.07) is 1.78. The van der Waals surface area contributed by atoms with Gasteiger partial charge in [0.05, 0.1) is 0 Å². The van der Waals surface area contributed by atoms with Crippen LogP contribution in [0.5, 0.6) is 0 Å². The van der Waals surface area contributed by atoms with Gasteiger partial charge in [0.1, 0.15) is 5.69 Å². The lowest BCUT2D eigenvalue weighted by Crippen LogP contribution is -2.03. The molecule has 0 bridgehead atoms. The van der Waals surface area contributed by atoms with Gasteiger partial charge in [-0.25, -0.2) is 18.2 Å². The van der Waals surface area contributed by atoms with Crippen molar-refractivity contribution in [3.63, 3.8) is 0 Å². The molecule has 0 aliphatic rings. The van der Waals surface area contributed by atoms with Gasteiger partial charge in [-0.3, -0.25) is 4.79 Å². The molecule has 0 saturated heterocycles. The number of carbonyl (C=O) groups is 1. The van der Waals surface area contributed by atoms with E-state index in [4.69, 9.17) is 0 Å².